The zero-order valence-electron chi connectivity index (χ0n) is 11.3. The van der Waals surface area contributed by atoms with Crippen molar-refractivity contribution < 1.29 is 19.1 Å². The summed E-state index contributed by atoms with van der Waals surface area (Å²) in [6.07, 6.45) is 0. The van der Waals surface area contributed by atoms with Gasteiger partial charge < -0.3 is 10.3 Å². The number of rotatable bonds is 5. The highest BCUT2D eigenvalue weighted by Gasteiger charge is 2.31. The van der Waals surface area contributed by atoms with Crippen LogP contribution in [0.5, 0.6) is 5.75 Å². The molecule has 5 nitrogen and oxygen atoms in total. The molecule has 21 heavy (non-hydrogen) atoms. The molecule has 0 fully saturated rings. The van der Waals surface area contributed by atoms with Crippen LogP contribution in [-0.4, -0.2) is 29.2 Å². The van der Waals surface area contributed by atoms with Crippen molar-refractivity contribution in [1.29, 1.82) is 0 Å². The molecule has 5 heteroatoms. The average Bonchev–Trinajstić information content (AvgIpc) is 2.56. The van der Waals surface area contributed by atoms with Crippen LogP contribution in [0.15, 0.2) is 54.6 Å². The number of carbonyl (C=O) groups is 2. The highest BCUT2D eigenvalue weighted by atomic mass is 16.5. The van der Waals surface area contributed by atoms with Crippen molar-refractivity contribution in [2.75, 3.05) is 7.11 Å². The van der Waals surface area contributed by atoms with Crippen molar-refractivity contribution in [3.8, 4) is 5.75 Å². The minimum Gasteiger partial charge on any atom is -0.497 e. The Balaban J connectivity index is 2.31. The Labute approximate surface area is 121 Å². The molecule has 0 aliphatic carbocycles. The van der Waals surface area contributed by atoms with Crippen LogP contribution in [0.25, 0.3) is 5.53 Å². The van der Waals surface area contributed by atoms with Gasteiger partial charge in [-0.25, -0.2) is 0 Å². The zero-order valence-corrected chi connectivity index (χ0v) is 11.3. The fourth-order valence-corrected chi connectivity index (χ4v) is 1.80. The van der Waals surface area contributed by atoms with Gasteiger partial charge in [-0.3, -0.25) is 9.59 Å². The predicted octanol–water partition coefficient (Wildman–Crippen LogP) is 2.43. The van der Waals surface area contributed by atoms with E-state index in [9.17, 15) is 9.59 Å². The Hall–Kier alpha value is -3.04. The highest BCUT2D eigenvalue weighted by Crippen LogP contribution is 2.13. The molecule has 2 aromatic carbocycles. The molecule has 0 saturated heterocycles. The molecule has 0 heterocycles. The quantitative estimate of drug-likeness (QED) is 0.277. The van der Waals surface area contributed by atoms with Crippen molar-refractivity contribution in [1.82, 2.24) is 0 Å². The van der Waals surface area contributed by atoms with Gasteiger partial charge in [0.25, 0.3) is 11.6 Å². The normalized spacial score (nSPS) is 9.57. The summed E-state index contributed by atoms with van der Waals surface area (Å²) in [6, 6.07) is 14.4. The average molecular weight is 280 g/mol. The van der Waals surface area contributed by atoms with Crippen LogP contribution in [0, 0.1) is 0 Å². The number of carbonyl (C=O) groups excluding carboxylic acids is 2. The Morgan fingerprint density at radius 1 is 0.905 bits per heavy atom. The van der Waals surface area contributed by atoms with Crippen LogP contribution in [0.1, 0.15) is 20.7 Å². The van der Waals surface area contributed by atoms with Crippen LogP contribution < -0.4 is 4.74 Å². The maximum Gasteiger partial charge on any atom is 0.409 e. The molecule has 0 spiro atoms. The van der Waals surface area contributed by atoms with E-state index in [2.05, 4.69) is 4.79 Å². The molecule has 0 aromatic heterocycles. The summed E-state index contributed by atoms with van der Waals surface area (Å²) in [7, 11) is 1.51. The first-order valence-corrected chi connectivity index (χ1v) is 6.18. The maximum absolute atomic E-state index is 12.2. The van der Waals surface area contributed by atoms with Crippen LogP contribution in [0.3, 0.4) is 0 Å². The van der Waals surface area contributed by atoms with Gasteiger partial charge >= 0.3 is 5.71 Å². The lowest BCUT2D eigenvalue weighted by atomic mass is 9.99. The fraction of sp³-hybridized carbons (Fsp3) is 0.0625. The van der Waals surface area contributed by atoms with Crippen molar-refractivity contribution in [2.24, 2.45) is 0 Å². The zero-order chi connectivity index (χ0) is 15.2. The van der Waals surface area contributed by atoms with E-state index in [1.54, 1.807) is 42.5 Å². The van der Waals surface area contributed by atoms with Crippen LogP contribution in [0.2, 0.25) is 0 Å². The van der Waals surface area contributed by atoms with Crippen molar-refractivity contribution in [2.45, 2.75) is 0 Å². The molecule has 0 amide bonds. The fourth-order valence-electron chi connectivity index (χ4n) is 1.80. The van der Waals surface area contributed by atoms with Gasteiger partial charge in [0, 0.05) is 11.1 Å². The Kier molecular flexibility index (Phi) is 4.39. The highest BCUT2D eigenvalue weighted by molar-refractivity contribution is 6.70. The number of ketones is 2. The smallest absolute Gasteiger partial charge is 0.409 e. The van der Waals surface area contributed by atoms with Gasteiger partial charge in [-0.1, -0.05) is 30.3 Å². The summed E-state index contributed by atoms with van der Waals surface area (Å²) in [5.74, 6) is -0.684. The largest absolute Gasteiger partial charge is 0.497 e. The van der Waals surface area contributed by atoms with E-state index in [4.69, 9.17) is 10.3 Å². The number of hydrogen-bond acceptors (Lipinski definition) is 3. The SMILES string of the molecule is COc1ccc(C(=O)C(=[N+]=[N-])C(=O)c2ccccc2)cc1. The van der Waals surface area contributed by atoms with Gasteiger partial charge in [-0.2, -0.15) is 4.79 Å². The summed E-state index contributed by atoms with van der Waals surface area (Å²) >= 11 is 0. The van der Waals surface area contributed by atoms with Gasteiger partial charge in [0.05, 0.1) is 7.11 Å². The Morgan fingerprint density at radius 2 is 1.43 bits per heavy atom. The molecule has 0 saturated carbocycles. The molecular formula is C16H12N2O3. The van der Waals surface area contributed by atoms with E-state index < -0.39 is 17.3 Å². The number of Topliss-reactive ketones (excluding diaryl/α,β-unsaturated/α-hetero) is 2. The topological polar surface area (TPSA) is 79.8 Å². The number of ether oxygens (including phenoxy) is 1. The van der Waals surface area contributed by atoms with Crippen molar-refractivity contribution >= 4 is 17.3 Å². The summed E-state index contributed by atoms with van der Waals surface area (Å²) in [4.78, 5) is 27.3. The minimum atomic E-state index is -0.644. The molecular weight excluding hydrogens is 268 g/mol. The summed E-state index contributed by atoms with van der Waals surface area (Å²) < 4.78 is 4.99. The molecule has 2 rings (SSSR count). The third-order valence-electron chi connectivity index (χ3n) is 2.92. The molecule has 0 unspecified atom stereocenters. The minimum absolute atomic E-state index is 0.243. The summed E-state index contributed by atoms with van der Waals surface area (Å²) in [5, 5.41) is 0. The number of nitrogens with zero attached hydrogens (tertiary/aromatic N) is 2. The van der Waals surface area contributed by atoms with Crippen LogP contribution >= 0.6 is 0 Å². The van der Waals surface area contributed by atoms with Crippen LogP contribution in [-0.2, 0) is 0 Å². The number of methoxy groups -OCH3 is 1. The van der Waals surface area contributed by atoms with E-state index in [0.717, 1.165) is 0 Å². The second-order valence-corrected chi connectivity index (χ2v) is 4.20. The third kappa shape index (κ3) is 3.11. The van der Waals surface area contributed by atoms with Gasteiger partial charge in [0.1, 0.15) is 5.75 Å². The van der Waals surface area contributed by atoms with Gasteiger partial charge in [0.15, 0.2) is 0 Å². The monoisotopic (exact) mass is 280 g/mol. The molecule has 0 bridgehead atoms. The molecule has 0 N–H and O–H groups in total. The van der Waals surface area contributed by atoms with Crippen LogP contribution in [0.4, 0.5) is 0 Å². The van der Waals surface area contributed by atoms with E-state index in [0.29, 0.717) is 5.75 Å². The molecule has 104 valence electrons. The predicted molar refractivity (Wildman–Crippen MR) is 76.7 cm³/mol. The first-order valence-electron chi connectivity index (χ1n) is 6.18. The molecule has 0 atom stereocenters. The Bertz CT molecular complexity index is 715. The van der Waals surface area contributed by atoms with E-state index in [1.165, 1.54) is 19.2 Å². The van der Waals surface area contributed by atoms with Gasteiger partial charge in [-0.05, 0) is 24.3 Å². The first-order chi connectivity index (χ1) is 10.2. The summed E-state index contributed by atoms with van der Waals surface area (Å²) in [6.45, 7) is 0. The second-order valence-electron chi connectivity index (χ2n) is 4.20. The third-order valence-corrected chi connectivity index (χ3v) is 2.92. The molecule has 0 aliphatic rings. The van der Waals surface area contributed by atoms with Gasteiger partial charge in [0.2, 0.25) is 0 Å². The van der Waals surface area contributed by atoms with Crippen molar-refractivity contribution in [3.63, 3.8) is 0 Å². The number of benzene rings is 2. The maximum atomic E-state index is 12.2. The van der Waals surface area contributed by atoms with E-state index >= 15 is 0 Å². The molecule has 2 aromatic rings. The standard InChI is InChI=1S/C16H12N2O3/c1-21-13-9-7-12(8-10-13)16(20)14(18-17)15(19)11-5-3-2-4-6-11/h2-10H,1H3. The lowest BCUT2D eigenvalue weighted by Gasteiger charge is -2.00. The number of hydrogen-bond donors (Lipinski definition) is 0. The van der Waals surface area contributed by atoms with Gasteiger partial charge in [-0.15, -0.1) is 0 Å². The summed E-state index contributed by atoms with van der Waals surface area (Å²) in [5.41, 5.74) is 9.02. The molecule has 0 aliphatic heterocycles. The second kappa shape index (κ2) is 6.41. The van der Waals surface area contributed by atoms with Crippen molar-refractivity contribution in [3.05, 3.63) is 71.3 Å². The Morgan fingerprint density at radius 3 is 1.90 bits per heavy atom. The first kappa shape index (κ1) is 14.4. The van der Waals surface area contributed by atoms with E-state index in [-0.39, 0.29) is 11.1 Å². The lowest BCUT2D eigenvalue weighted by molar-refractivity contribution is -0.00699. The lowest BCUT2D eigenvalue weighted by Crippen LogP contribution is -2.25. The molecule has 0 radical (unpaired) electrons. The van der Waals surface area contributed by atoms with E-state index in [1.807, 2.05) is 0 Å².